The van der Waals surface area contributed by atoms with Crippen LogP contribution in [0.2, 0.25) is 0 Å². The predicted octanol–water partition coefficient (Wildman–Crippen LogP) is 14.8. The van der Waals surface area contributed by atoms with E-state index in [4.69, 9.17) is 4.42 Å². The number of fused-ring (bicyclic) bond motifs is 9. The lowest BCUT2D eigenvalue weighted by molar-refractivity contribution is 0.669. The van der Waals surface area contributed by atoms with Crippen LogP contribution in [0.25, 0.3) is 110 Å². The number of aromatic nitrogens is 2. The van der Waals surface area contributed by atoms with Gasteiger partial charge in [-0.05, 0) is 94.0 Å². The first-order chi connectivity index (χ1) is 28.3. The van der Waals surface area contributed by atoms with E-state index in [2.05, 4.69) is 215 Å². The van der Waals surface area contributed by atoms with E-state index in [-0.39, 0.29) is 0 Å². The summed E-state index contributed by atoms with van der Waals surface area (Å²) in [6.45, 7) is 0. The Kier molecular flexibility index (Phi) is 6.93. The minimum absolute atomic E-state index is 0.869. The van der Waals surface area contributed by atoms with Crippen LogP contribution in [-0.4, -0.2) is 9.13 Å². The number of benzene rings is 9. The van der Waals surface area contributed by atoms with E-state index in [9.17, 15) is 0 Å². The average molecular weight is 727 g/mol. The third-order valence-corrected chi connectivity index (χ3v) is 11.7. The number of rotatable bonds is 5. The predicted molar refractivity (Wildman–Crippen MR) is 239 cm³/mol. The molecule has 0 saturated carbocycles. The number of furan rings is 1. The maximum Gasteiger partial charge on any atom is 0.138 e. The molecule has 0 spiro atoms. The van der Waals surface area contributed by atoms with Gasteiger partial charge in [0, 0.05) is 32.6 Å². The fraction of sp³-hybridized carbons (Fsp3) is 0. The number of nitrogens with zero attached hydrogens (tertiary/aromatic N) is 2. The normalized spacial score (nSPS) is 11.9. The highest BCUT2D eigenvalue weighted by Crippen LogP contribution is 2.44. The highest BCUT2D eigenvalue weighted by molar-refractivity contribution is 6.16. The molecular formula is C54H34N2O. The smallest absolute Gasteiger partial charge is 0.138 e. The van der Waals surface area contributed by atoms with Gasteiger partial charge in [0.1, 0.15) is 11.2 Å². The summed E-state index contributed by atoms with van der Waals surface area (Å²) in [5.74, 6) is 0. The van der Waals surface area contributed by atoms with Gasteiger partial charge in [0.05, 0.1) is 33.1 Å². The molecule has 0 fully saturated rings. The first-order valence-electron chi connectivity index (χ1n) is 19.5. The Balaban J connectivity index is 1.13. The second-order valence-corrected chi connectivity index (χ2v) is 14.9. The van der Waals surface area contributed by atoms with E-state index in [1.165, 1.54) is 54.8 Å². The van der Waals surface area contributed by atoms with Crippen molar-refractivity contribution in [3.8, 4) is 44.8 Å². The van der Waals surface area contributed by atoms with E-state index in [0.29, 0.717) is 0 Å². The minimum atomic E-state index is 0.869. The number of hydrogen-bond acceptors (Lipinski definition) is 1. The van der Waals surface area contributed by atoms with Gasteiger partial charge in [0.25, 0.3) is 0 Å². The lowest BCUT2D eigenvalue weighted by Gasteiger charge is -2.15. The summed E-state index contributed by atoms with van der Waals surface area (Å²) in [5.41, 5.74) is 15.7. The van der Waals surface area contributed by atoms with E-state index in [0.717, 1.165) is 55.5 Å². The van der Waals surface area contributed by atoms with Gasteiger partial charge in [-0.1, -0.05) is 146 Å². The van der Waals surface area contributed by atoms with Gasteiger partial charge in [-0.2, -0.15) is 0 Å². The summed E-state index contributed by atoms with van der Waals surface area (Å²) in [7, 11) is 0. The Morgan fingerprint density at radius 1 is 0.298 bits per heavy atom. The summed E-state index contributed by atoms with van der Waals surface area (Å²) in [5, 5.41) is 7.13. The molecule has 3 aromatic heterocycles. The van der Waals surface area contributed by atoms with Gasteiger partial charge in [-0.25, -0.2) is 0 Å². The summed E-state index contributed by atoms with van der Waals surface area (Å²) in [6.07, 6.45) is 0. The Morgan fingerprint density at radius 3 is 1.65 bits per heavy atom. The molecule has 57 heavy (non-hydrogen) atoms. The van der Waals surface area contributed by atoms with Crippen LogP contribution < -0.4 is 0 Å². The second kappa shape index (κ2) is 12.5. The van der Waals surface area contributed by atoms with Crippen molar-refractivity contribution in [1.82, 2.24) is 9.13 Å². The molecule has 266 valence electrons. The monoisotopic (exact) mass is 726 g/mol. The minimum Gasteiger partial charge on any atom is -0.456 e. The molecular weight excluding hydrogens is 693 g/mol. The standard InChI is InChI=1S/C54H34N2O/c1-3-15-35(16-4-1)40-19-7-8-20-41(40)38-33-51(54-45-23-11-14-26-52(45)57-53(54)34-38)56-48-25-13-9-21-42(48)44-29-27-37(32-50(44)56)36-28-30-49-46(31-36)43-22-10-12-24-47(43)55(49)39-17-5-2-6-18-39/h1-34H. The topological polar surface area (TPSA) is 23.0 Å². The van der Waals surface area contributed by atoms with Gasteiger partial charge >= 0.3 is 0 Å². The van der Waals surface area contributed by atoms with Crippen LogP contribution in [0, 0.1) is 0 Å². The summed E-state index contributed by atoms with van der Waals surface area (Å²) in [6, 6.07) is 74.4. The number of para-hydroxylation sites is 4. The van der Waals surface area contributed by atoms with Crippen LogP contribution in [-0.2, 0) is 0 Å². The van der Waals surface area contributed by atoms with Gasteiger partial charge in [-0.3, -0.25) is 0 Å². The van der Waals surface area contributed by atoms with Crippen molar-refractivity contribution < 1.29 is 4.42 Å². The Hall–Kier alpha value is -7.62. The van der Waals surface area contributed by atoms with Crippen molar-refractivity contribution >= 4 is 65.6 Å². The molecule has 0 aliphatic carbocycles. The van der Waals surface area contributed by atoms with Crippen LogP contribution >= 0.6 is 0 Å². The highest BCUT2D eigenvalue weighted by atomic mass is 16.3. The fourth-order valence-electron chi connectivity index (χ4n) is 9.19. The van der Waals surface area contributed by atoms with Crippen molar-refractivity contribution in [3.63, 3.8) is 0 Å². The quantitative estimate of drug-likeness (QED) is 0.173. The Labute approximate surface area is 328 Å². The van der Waals surface area contributed by atoms with Crippen LogP contribution in [0.1, 0.15) is 0 Å². The molecule has 3 heterocycles. The third kappa shape index (κ3) is 4.86. The molecule has 0 amide bonds. The molecule has 3 heteroatoms. The van der Waals surface area contributed by atoms with Gasteiger partial charge < -0.3 is 13.6 Å². The van der Waals surface area contributed by atoms with E-state index in [1.807, 2.05) is 0 Å². The molecule has 0 saturated heterocycles. The molecule has 12 rings (SSSR count). The lowest BCUT2D eigenvalue weighted by atomic mass is 9.93. The molecule has 9 aromatic carbocycles. The molecule has 3 nitrogen and oxygen atoms in total. The first-order valence-corrected chi connectivity index (χ1v) is 19.5. The molecule has 0 N–H and O–H groups in total. The summed E-state index contributed by atoms with van der Waals surface area (Å²) >= 11 is 0. The average Bonchev–Trinajstić information content (AvgIpc) is 3.94. The van der Waals surface area contributed by atoms with Crippen LogP contribution in [0.4, 0.5) is 0 Å². The fourth-order valence-corrected chi connectivity index (χ4v) is 9.19. The summed E-state index contributed by atoms with van der Waals surface area (Å²) < 4.78 is 11.5. The van der Waals surface area contributed by atoms with Crippen molar-refractivity contribution in [2.24, 2.45) is 0 Å². The van der Waals surface area contributed by atoms with Crippen molar-refractivity contribution in [3.05, 3.63) is 206 Å². The Morgan fingerprint density at radius 2 is 0.860 bits per heavy atom. The maximum absolute atomic E-state index is 6.71. The zero-order chi connectivity index (χ0) is 37.5. The van der Waals surface area contributed by atoms with Gasteiger partial charge in [0.15, 0.2) is 0 Å². The van der Waals surface area contributed by atoms with Crippen molar-refractivity contribution in [2.45, 2.75) is 0 Å². The SMILES string of the molecule is c1ccc(-c2ccccc2-c2cc(-n3c4ccccc4c4ccc(-c5ccc6c(c5)c5ccccc5n6-c5ccccc5)cc43)c3c(c2)oc2ccccc23)cc1. The second-order valence-electron chi connectivity index (χ2n) is 14.9. The van der Waals surface area contributed by atoms with Crippen molar-refractivity contribution in [2.75, 3.05) is 0 Å². The van der Waals surface area contributed by atoms with Gasteiger partial charge in [0.2, 0.25) is 0 Å². The highest BCUT2D eigenvalue weighted by Gasteiger charge is 2.21. The van der Waals surface area contributed by atoms with E-state index in [1.54, 1.807) is 0 Å². The van der Waals surface area contributed by atoms with Crippen LogP contribution in [0.15, 0.2) is 211 Å². The largest absolute Gasteiger partial charge is 0.456 e. The molecule has 12 aromatic rings. The zero-order valence-electron chi connectivity index (χ0n) is 30.9. The molecule has 0 aliphatic heterocycles. The van der Waals surface area contributed by atoms with E-state index < -0.39 is 0 Å². The zero-order valence-corrected chi connectivity index (χ0v) is 30.9. The summed E-state index contributed by atoms with van der Waals surface area (Å²) in [4.78, 5) is 0. The number of hydrogen-bond donors (Lipinski definition) is 0. The van der Waals surface area contributed by atoms with Crippen LogP contribution in [0.5, 0.6) is 0 Å². The molecule has 0 aliphatic rings. The van der Waals surface area contributed by atoms with E-state index >= 15 is 0 Å². The molecule has 0 unspecified atom stereocenters. The Bertz CT molecular complexity index is 3510. The maximum atomic E-state index is 6.71. The third-order valence-electron chi connectivity index (χ3n) is 11.7. The van der Waals surface area contributed by atoms with Crippen molar-refractivity contribution in [1.29, 1.82) is 0 Å². The van der Waals surface area contributed by atoms with Crippen LogP contribution in [0.3, 0.4) is 0 Å². The molecule has 0 atom stereocenters. The first kappa shape index (κ1) is 31.7. The molecule has 0 radical (unpaired) electrons. The lowest BCUT2D eigenvalue weighted by Crippen LogP contribution is -1.97. The molecule has 0 bridgehead atoms. The van der Waals surface area contributed by atoms with Gasteiger partial charge in [-0.15, -0.1) is 0 Å².